The molecule has 124 valence electrons. The average Bonchev–Trinajstić information content (AvgIpc) is 2.79. The van der Waals surface area contributed by atoms with Gasteiger partial charge < -0.3 is 10.2 Å². The predicted octanol–water partition coefficient (Wildman–Crippen LogP) is 1.47. The summed E-state index contributed by atoms with van der Waals surface area (Å²) in [6.07, 6.45) is 2.60. The molecular weight excluding hydrogens is 260 g/mol. The molecule has 1 unspecified atom stereocenters. The molecule has 1 N–H and O–H groups in total. The molecule has 3 atom stereocenters. The van der Waals surface area contributed by atoms with E-state index in [0.717, 1.165) is 12.6 Å². The molecule has 0 aromatic carbocycles. The van der Waals surface area contributed by atoms with Crippen LogP contribution in [0, 0.1) is 0 Å². The van der Waals surface area contributed by atoms with E-state index in [9.17, 15) is 0 Å². The van der Waals surface area contributed by atoms with Crippen LogP contribution in [0.4, 0.5) is 0 Å². The van der Waals surface area contributed by atoms with Crippen LogP contribution in [0.25, 0.3) is 0 Å². The van der Waals surface area contributed by atoms with Gasteiger partial charge in [-0.15, -0.1) is 0 Å². The average molecular weight is 297 g/mol. The van der Waals surface area contributed by atoms with Crippen molar-refractivity contribution in [1.82, 2.24) is 20.0 Å². The maximum Gasteiger partial charge on any atom is 0.0198 e. The van der Waals surface area contributed by atoms with Crippen molar-refractivity contribution in [3.05, 3.63) is 0 Å². The lowest BCUT2D eigenvalue weighted by Crippen LogP contribution is -2.49. The van der Waals surface area contributed by atoms with Gasteiger partial charge >= 0.3 is 0 Å². The van der Waals surface area contributed by atoms with Gasteiger partial charge in [0.25, 0.3) is 0 Å². The molecule has 0 spiro atoms. The maximum atomic E-state index is 3.54. The molecule has 4 nitrogen and oxygen atoms in total. The first-order valence-corrected chi connectivity index (χ1v) is 9.04. The largest absolute Gasteiger partial charge is 0.315 e. The van der Waals surface area contributed by atoms with E-state index in [4.69, 9.17) is 0 Å². The topological polar surface area (TPSA) is 21.8 Å². The molecule has 2 saturated heterocycles. The highest BCUT2D eigenvalue weighted by Crippen LogP contribution is 2.16. The van der Waals surface area contributed by atoms with Crippen molar-refractivity contribution in [2.24, 2.45) is 0 Å². The normalized spacial score (nSPS) is 32.6. The molecule has 2 rings (SSSR count). The van der Waals surface area contributed by atoms with Gasteiger partial charge in [0.05, 0.1) is 0 Å². The van der Waals surface area contributed by atoms with Gasteiger partial charge in [0, 0.05) is 50.8 Å². The summed E-state index contributed by atoms with van der Waals surface area (Å²) in [6.45, 7) is 19.2. The number of hydrogen-bond acceptors (Lipinski definition) is 4. The van der Waals surface area contributed by atoms with Crippen LogP contribution < -0.4 is 5.32 Å². The standard InChI is InChI=1S/C17H36N4/c1-5-19-10-7-15(2)20(13-12-19)14-17(4)21-11-9-18-8-6-16(21)3/h15-18H,5-14H2,1-4H3/t15-,16-,17?/m0/s1. The summed E-state index contributed by atoms with van der Waals surface area (Å²) in [5, 5.41) is 3.54. The zero-order valence-corrected chi connectivity index (χ0v) is 14.6. The van der Waals surface area contributed by atoms with Crippen molar-refractivity contribution >= 4 is 0 Å². The molecule has 0 radical (unpaired) electrons. The molecule has 2 aliphatic rings. The highest BCUT2D eigenvalue weighted by Gasteiger charge is 2.26. The monoisotopic (exact) mass is 296 g/mol. The van der Waals surface area contributed by atoms with Crippen molar-refractivity contribution in [1.29, 1.82) is 0 Å². The van der Waals surface area contributed by atoms with Crippen molar-refractivity contribution in [2.75, 3.05) is 52.4 Å². The maximum absolute atomic E-state index is 3.54. The first kappa shape index (κ1) is 17.2. The number of nitrogens with zero attached hydrogens (tertiary/aromatic N) is 3. The van der Waals surface area contributed by atoms with Crippen molar-refractivity contribution in [2.45, 2.75) is 58.7 Å². The number of hydrogen-bond donors (Lipinski definition) is 1. The lowest BCUT2D eigenvalue weighted by molar-refractivity contribution is 0.103. The fraction of sp³-hybridized carbons (Fsp3) is 1.00. The van der Waals surface area contributed by atoms with E-state index in [-0.39, 0.29) is 0 Å². The van der Waals surface area contributed by atoms with E-state index >= 15 is 0 Å². The van der Waals surface area contributed by atoms with Gasteiger partial charge in [-0.25, -0.2) is 0 Å². The summed E-state index contributed by atoms with van der Waals surface area (Å²) in [6, 6.07) is 2.10. The van der Waals surface area contributed by atoms with Gasteiger partial charge in [0.15, 0.2) is 0 Å². The fourth-order valence-electron chi connectivity index (χ4n) is 3.87. The summed E-state index contributed by atoms with van der Waals surface area (Å²) in [4.78, 5) is 8.04. The van der Waals surface area contributed by atoms with Crippen molar-refractivity contribution in [3.63, 3.8) is 0 Å². The Morgan fingerprint density at radius 1 is 1.00 bits per heavy atom. The third-order valence-electron chi connectivity index (χ3n) is 5.55. The molecule has 2 fully saturated rings. The number of rotatable bonds is 4. The second-order valence-electron chi connectivity index (χ2n) is 7.04. The SMILES string of the molecule is CCN1CC[C@H](C)N(CC(C)N2CCNCC[C@@H]2C)CC1. The number of nitrogens with one attached hydrogen (secondary N) is 1. The Morgan fingerprint density at radius 3 is 2.57 bits per heavy atom. The summed E-state index contributed by atoms with van der Waals surface area (Å²) in [5.74, 6) is 0. The van der Waals surface area contributed by atoms with Crippen LogP contribution >= 0.6 is 0 Å². The summed E-state index contributed by atoms with van der Waals surface area (Å²) >= 11 is 0. The molecular formula is C17H36N4. The molecule has 0 aromatic rings. The van der Waals surface area contributed by atoms with Gasteiger partial charge in [-0.1, -0.05) is 6.92 Å². The first-order valence-electron chi connectivity index (χ1n) is 9.04. The summed E-state index contributed by atoms with van der Waals surface area (Å²) < 4.78 is 0. The third-order valence-corrected chi connectivity index (χ3v) is 5.55. The lowest BCUT2D eigenvalue weighted by atomic mass is 10.1. The van der Waals surface area contributed by atoms with Gasteiger partial charge in [0.2, 0.25) is 0 Å². The van der Waals surface area contributed by atoms with E-state index < -0.39 is 0 Å². The molecule has 0 aromatic heterocycles. The minimum absolute atomic E-state index is 0.663. The Morgan fingerprint density at radius 2 is 1.81 bits per heavy atom. The molecule has 2 heterocycles. The zero-order chi connectivity index (χ0) is 15.2. The second kappa shape index (κ2) is 8.47. The highest BCUT2D eigenvalue weighted by atomic mass is 15.3. The quantitative estimate of drug-likeness (QED) is 0.848. The summed E-state index contributed by atoms with van der Waals surface area (Å²) in [7, 11) is 0. The van der Waals surface area contributed by atoms with Crippen LogP contribution in [0.1, 0.15) is 40.5 Å². The van der Waals surface area contributed by atoms with E-state index in [0.29, 0.717) is 12.1 Å². The van der Waals surface area contributed by atoms with Crippen LogP contribution in [0.5, 0.6) is 0 Å². The second-order valence-corrected chi connectivity index (χ2v) is 7.04. The van der Waals surface area contributed by atoms with E-state index in [1.165, 1.54) is 58.7 Å². The van der Waals surface area contributed by atoms with E-state index in [1.54, 1.807) is 0 Å². The van der Waals surface area contributed by atoms with Gasteiger partial charge in [0.1, 0.15) is 0 Å². The molecule has 0 saturated carbocycles. The Balaban J connectivity index is 1.89. The molecule has 4 heteroatoms. The molecule has 0 aliphatic carbocycles. The lowest BCUT2D eigenvalue weighted by Gasteiger charge is -2.37. The smallest absolute Gasteiger partial charge is 0.0198 e. The third kappa shape index (κ3) is 4.92. The van der Waals surface area contributed by atoms with Gasteiger partial charge in [-0.3, -0.25) is 9.80 Å². The van der Waals surface area contributed by atoms with Crippen LogP contribution in [0.3, 0.4) is 0 Å². The zero-order valence-electron chi connectivity index (χ0n) is 14.6. The van der Waals surface area contributed by atoms with Crippen molar-refractivity contribution < 1.29 is 0 Å². The Kier molecular flexibility index (Phi) is 6.93. The molecule has 21 heavy (non-hydrogen) atoms. The Hall–Kier alpha value is -0.160. The Bertz CT molecular complexity index is 297. The minimum Gasteiger partial charge on any atom is -0.315 e. The van der Waals surface area contributed by atoms with Crippen LogP contribution in [-0.4, -0.2) is 85.2 Å². The van der Waals surface area contributed by atoms with Crippen LogP contribution in [-0.2, 0) is 0 Å². The number of likely N-dealkylation sites (N-methyl/N-ethyl adjacent to an activating group) is 1. The summed E-state index contributed by atoms with van der Waals surface area (Å²) in [5.41, 5.74) is 0. The predicted molar refractivity (Wildman–Crippen MR) is 90.9 cm³/mol. The minimum atomic E-state index is 0.663. The first-order chi connectivity index (χ1) is 10.1. The fourth-order valence-corrected chi connectivity index (χ4v) is 3.87. The molecule has 2 aliphatic heterocycles. The van der Waals surface area contributed by atoms with Gasteiger partial charge in [-0.2, -0.15) is 0 Å². The van der Waals surface area contributed by atoms with E-state index in [2.05, 4.69) is 47.7 Å². The van der Waals surface area contributed by atoms with E-state index in [1.807, 2.05) is 0 Å². The van der Waals surface area contributed by atoms with Crippen LogP contribution in [0.15, 0.2) is 0 Å². The highest BCUT2D eigenvalue weighted by molar-refractivity contribution is 4.83. The van der Waals surface area contributed by atoms with Gasteiger partial charge in [-0.05, 0) is 53.2 Å². The molecule has 0 amide bonds. The Labute approximate surface area is 131 Å². The van der Waals surface area contributed by atoms with Crippen molar-refractivity contribution in [3.8, 4) is 0 Å². The van der Waals surface area contributed by atoms with Crippen LogP contribution in [0.2, 0.25) is 0 Å². The molecule has 0 bridgehead atoms.